The van der Waals surface area contributed by atoms with Crippen molar-refractivity contribution in [2.24, 2.45) is 11.3 Å². The third kappa shape index (κ3) is 3.23. The Labute approximate surface area is 124 Å². The van der Waals surface area contributed by atoms with E-state index in [0.29, 0.717) is 6.42 Å². The second-order valence-corrected chi connectivity index (χ2v) is 7.31. The van der Waals surface area contributed by atoms with Gasteiger partial charge in [0.2, 0.25) is 5.91 Å². The van der Waals surface area contributed by atoms with Crippen LogP contribution in [-0.4, -0.2) is 35.6 Å². The maximum absolute atomic E-state index is 12.4. The zero-order valence-corrected chi connectivity index (χ0v) is 12.7. The number of nitrogens with zero attached hydrogens (tertiary/aromatic N) is 1. The molecule has 1 aliphatic carbocycles. The molecule has 110 valence electrons. The van der Waals surface area contributed by atoms with E-state index in [1.807, 2.05) is 21.7 Å². The van der Waals surface area contributed by atoms with E-state index in [2.05, 4.69) is 0 Å². The molecule has 1 aromatic heterocycles. The lowest BCUT2D eigenvalue weighted by atomic mass is 9.76. The molecule has 1 saturated carbocycles. The van der Waals surface area contributed by atoms with E-state index in [1.54, 1.807) is 11.3 Å². The monoisotopic (exact) mass is 293 g/mol. The number of likely N-dealkylation sites (tertiary alicyclic amines) is 1. The number of hydrogen-bond acceptors (Lipinski definition) is 3. The summed E-state index contributed by atoms with van der Waals surface area (Å²) in [6.45, 7) is 1.84. The van der Waals surface area contributed by atoms with E-state index in [-0.39, 0.29) is 17.9 Å². The quantitative estimate of drug-likeness (QED) is 0.907. The zero-order valence-electron chi connectivity index (χ0n) is 11.9. The van der Waals surface area contributed by atoms with Crippen molar-refractivity contribution in [1.29, 1.82) is 0 Å². The van der Waals surface area contributed by atoms with Crippen LogP contribution in [-0.2, 0) is 11.2 Å². The van der Waals surface area contributed by atoms with E-state index < -0.39 is 0 Å². The van der Waals surface area contributed by atoms with Crippen LogP contribution in [0.5, 0.6) is 0 Å². The van der Waals surface area contributed by atoms with Crippen molar-refractivity contribution < 1.29 is 9.90 Å². The summed E-state index contributed by atoms with van der Waals surface area (Å²) in [7, 11) is 0. The van der Waals surface area contributed by atoms with Gasteiger partial charge < -0.3 is 10.0 Å². The van der Waals surface area contributed by atoms with Crippen molar-refractivity contribution in [3.63, 3.8) is 0 Å². The van der Waals surface area contributed by atoms with Gasteiger partial charge in [0.05, 0.1) is 13.0 Å². The molecular weight excluding hydrogens is 270 g/mol. The lowest BCUT2D eigenvalue weighted by molar-refractivity contribution is -0.135. The highest BCUT2D eigenvalue weighted by molar-refractivity contribution is 7.07. The van der Waals surface area contributed by atoms with Gasteiger partial charge in [-0.25, -0.2) is 0 Å². The fraction of sp³-hybridized carbons (Fsp3) is 0.688. The van der Waals surface area contributed by atoms with Gasteiger partial charge in [-0.3, -0.25) is 4.79 Å². The summed E-state index contributed by atoms with van der Waals surface area (Å²) in [5.41, 5.74) is 1.09. The van der Waals surface area contributed by atoms with Crippen LogP contribution < -0.4 is 0 Å². The Morgan fingerprint density at radius 2 is 2.35 bits per heavy atom. The van der Waals surface area contributed by atoms with E-state index in [4.69, 9.17) is 0 Å². The van der Waals surface area contributed by atoms with Gasteiger partial charge >= 0.3 is 0 Å². The highest BCUT2D eigenvalue weighted by Gasteiger charge is 2.40. The molecular formula is C16H23NO2S. The minimum Gasteiger partial charge on any atom is -0.396 e. The Morgan fingerprint density at radius 1 is 1.50 bits per heavy atom. The summed E-state index contributed by atoms with van der Waals surface area (Å²) in [5.74, 6) is 1.02. The van der Waals surface area contributed by atoms with Crippen molar-refractivity contribution >= 4 is 17.2 Å². The molecule has 0 bridgehead atoms. The van der Waals surface area contributed by atoms with Crippen molar-refractivity contribution in [3.8, 4) is 0 Å². The molecule has 0 radical (unpaired) electrons. The normalized spacial score (nSPS) is 26.8. The Morgan fingerprint density at radius 3 is 3.00 bits per heavy atom. The number of hydrogen-bond donors (Lipinski definition) is 1. The summed E-state index contributed by atoms with van der Waals surface area (Å²) in [6, 6.07) is 2.02. The first kappa shape index (κ1) is 14.1. The minimum atomic E-state index is -0.0241. The van der Waals surface area contributed by atoms with Gasteiger partial charge in [-0.15, -0.1) is 0 Å². The van der Waals surface area contributed by atoms with Crippen LogP contribution in [0.2, 0.25) is 0 Å². The largest absolute Gasteiger partial charge is 0.396 e. The lowest BCUT2D eigenvalue weighted by Crippen LogP contribution is -2.48. The first-order chi connectivity index (χ1) is 9.71. The summed E-state index contributed by atoms with van der Waals surface area (Å²) in [6.07, 6.45) is 6.33. The van der Waals surface area contributed by atoms with Crippen molar-refractivity contribution in [2.45, 2.75) is 38.5 Å². The third-order valence-corrected chi connectivity index (χ3v) is 5.44. The first-order valence-electron chi connectivity index (χ1n) is 7.60. The molecule has 2 aliphatic rings. The number of piperidine rings is 1. The molecule has 2 heterocycles. The van der Waals surface area contributed by atoms with Gasteiger partial charge in [-0.2, -0.15) is 11.3 Å². The predicted molar refractivity (Wildman–Crippen MR) is 80.7 cm³/mol. The molecule has 0 aromatic carbocycles. The summed E-state index contributed by atoms with van der Waals surface area (Å²) in [5, 5.41) is 13.9. The van der Waals surface area contributed by atoms with E-state index >= 15 is 0 Å². The molecule has 1 aromatic rings. The second kappa shape index (κ2) is 5.86. The van der Waals surface area contributed by atoms with E-state index in [1.165, 1.54) is 12.8 Å². The van der Waals surface area contributed by atoms with Gasteiger partial charge in [0.1, 0.15) is 0 Å². The highest BCUT2D eigenvalue weighted by Crippen LogP contribution is 2.44. The SMILES string of the molecule is O=C(Cc1ccsc1)N1CCCC(CO)(CC2CC2)C1. The zero-order chi connectivity index (χ0) is 14.0. The van der Waals surface area contributed by atoms with Gasteiger partial charge in [0.15, 0.2) is 0 Å². The molecule has 2 fully saturated rings. The van der Waals surface area contributed by atoms with Crippen LogP contribution in [0, 0.1) is 11.3 Å². The molecule has 0 spiro atoms. The van der Waals surface area contributed by atoms with Crippen LogP contribution in [0.15, 0.2) is 16.8 Å². The molecule has 1 aliphatic heterocycles. The fourth-order valence-electron chi connectivity index (χ4n) is 3.40. The maximum Gasteiger partial charge on any atom is 0.227 e. The number of aliphatic hydroxyl groups excluding tert-OH is 1. The molecule has 3 rings (SSSR count). The second-order valence-electron chi connectivity index (χ2n) is 6.53. The molecule has 1 unspecified atom stereocenters. The van der Waals surface area contributed by atoms with Crippen LogP contribution in [0.4, 0.5) is 0 Å². The average Bonchev–Trinajstić information content (AvgIpc) is 3.12. The Bertz CT molecular complexity index is 455. The van der Waals surface area contributed by atoms with Crippen LogP contribution in [0.3, 0.4) is 0 Å². The van der Waals surface area contributed by atoms with Gasteiger partial charge in [-0.1, -0.05) is 12.8 Å². The molecule has 1 atom stereocenters. The summed E-state index contributed by atoms with van der Waals surface area (Å²) < 4.78 is 0. The number of aliphatic hydroxyl groups is 1. The standard InChI is InChI=1S/C16H23NO2S/c18-12-16(9-13-2-3-13)5-1-6-17(11-16)15(19)8-14-4-7-20-10-14/h4,7,10,13,18H,1-3,5-6,8-9,11-12H2. The topological polar surface area (TPSA) is 40.5 Å². The van der Waals surface area contributed by atoms with Gasteiger partial charge in [0.25, 0.3) is 0 Å². The average molecular weight is 293 g/mol. The van der Waals surface area contributed by atoms with Crippen molar-refractivity contribution in [2.75, 3.05) is 19.7 Å². The molecule has 1 N–H and O–H groups in total. The molecule has 1 saturated heterocycles. The lowest BCUT2D eigenvalue weighted by Gasteiger charge is -2.42. The molecule has 1 amide bonds. The minimum absolute atomic E-state index is 0.0241. The third-order valence-electron chi connectivity index (χ3n) is 4.70. The maximum atomic E-state index is 12.4. The van der Waals surface area contributed by atoms with E-state index in [9.17, 15) is 9.90 Å². The Balaban J connectivity index is 1.62. The molecule has 3 nitrogen and oxygen atoms in total. The Hall–Kier alpha value is -0.870. The summed E-state index contributed by atoms with van der Waals surface area (Å²) >= 11 is 1.64. The van der Waals surface area contributed by atoms with Gasteiger partial charge in [0, 0.05) is 18.5 Å². The van der Waals surface area contributed by atoms with Crippen molar-refractivity contribution in [3.05, 3.63) is 22.4 Å². The number of thiophene rings is 1. The summed E-state index contributed by atoms with van der Waals surface area (Å²) in [4.78, 5) is 14.4. The Kier molecular flexibility index (Phi) is 4.13. The molecule has 20 heavy (non-hydrogen) atoms. The smallest absolute Gasteiger partial charge is 0.227 e. The van der Waals surface area contributed by atoms with Gasteiger partial charge in [-0.05, 0) is 47.6 Å². The van der Waals surface area contributed by atoms with Crippen LogP contribution in [0.1, 0.15) is 37.7 Å². The van der Waals surface area contributed by atoms with Crippen LogP contribution in [0.25, 0.3) is 0 Å². The predicted octanol–water partition coefficient (Wildman–Crippen LogP) is 2.69. The fourth-order valence-corrected chi connectivity index (χ4v) is 4.06. The first-order valence-corrected chi connectivity index (χ1v) is 8.55. The molecule has 4 heteroatoms. The van der Waals surface area contributed by atoms with Crippen LogP contribution >= 0.6 is 11.3 Å². The van der Waals surface area contributed by atoms with Crippen molar-refractivity contribution in [1.82, 2.24) is 4.90 Å². The highest BCUT2D eigenvalue weighted by atomic mass is 32.1. The number of rotatable bonds is 5. The number of carbonyl (C=O) groups excluding carboxylic acids is 1. The number of amides is 1. The van der Waals surface area contributed by atoms with E-state index in [0.717, 1.165) is 43.8 Å². The number of carbonyl (C=O) groups is 1.